The van der Waals surface area contributed by atoms with E-state index in [0.29, 0.717) is 0 Å². The molecule has 0 N–H and O–H groups in total. The highest BCUT2D eigenvalue weighted by Crippen LogP contribution is 2.32. The Balaban J connectivity index is 1.31. The van der Waals surface area contributed by atoms with Gasteiger partial charge < -0.3 is 9.64 Å². The van der Waals surface area contributed by atoms with Crippen molar-refractivity contribution in [3.05, 3.63) is 28.8 Å². The second-order valence-electron chi connectivity index (χ2n) is 8.75. The maximum atomic E-state index is 6.19. The van der Waals surface area contributed by atoms with Crippen LogP contribution in [-0.4, -0.2) is 55.7 Å². The summed E-state index contributed by atoms with van der Waals surface area (Å²) in [7, 11) is 0. The molecule has 1 aliphatic carbocycles. The molecule has 2 fully saturated rings. The van der Waals surface area contributed by atoms with E-state index in [1.165, 1.54) is 89.7 Å². The molecule has 1 unspecified atom stereocenters. The number of hydrogen-bond donors (Lipinski definition) is 0. The molecule has 1 aromatic rings. The van der Waals surface area contributed by atoms with E-state index < -0.39 is 0 Å². The third-order valence-electron chi connectivity index (χ3n) is 6.66. The molecule has 26 heavy (non-hydrogen) atoms. The van der Waals surface area contributed by atoms with Gasteiger partial charge in [0.25, 0.3) is 0 Å². The molecule has 2 aliphatic heterocycles. The van der Waals surface area contributed by atoms with Crippen LogP contribution in [0, 0.1) is 12.8 Å². The fourth-order valence-corrected chi connectivity index (χ4v) is 5.09. The van der Waals surface area contributed by atoms with Gasteiger partial charge in [-0.25, -0.2) is 0 Å². The van der Waals surface area contributed by atoms with Crippen molar-refractivity contribution in [1.82, 2.24) is 9.80 Å². The van der Waals surface area contributed by atoms with Gasteiger partial charge in [0, 0.05) is 13.1 Å². The first kappa shape index (κ1) is 18.3. The summed E-state index contributed by atoms with van der Waals surface area (Å²) in [4.78, 5) is 5.24. The predicted octanol–water partition coefficient (Wildman–Crippen LogP) is 4.06. The third kappa shape index (κ3) is 4.61. The summed E-state index contributed by atoms with van der Waals surface area (Å²) in [5, 5.41) is 0. The first-order valence-corrected chi connectivity index (χ1v) is 11.0. The fraction of sp³-hybridized carbons (Fsp3) is 0.739. The van der Waals surface area contributed by atoms with Crippen molar-refractivity contribution >= 4 is 0 Å². The molecule has 2 saturated heterocycles. The van der Waals surface area contributed by atoms with Gasteiger partial charge in [-0.1, -0.05) is 12.5 Å². The molecule has 0 saturated carbocycles. The van der Waals surface area contributed by atoms with Gasteiger partial charge in [-0.15, -0.1) is 0 Å². The van der Waals surface area contributed by atoms with E-state index in [-0.39, 0.29) is 0 Å². The average molecular weight is 357 g/mol. The van der Waals surface area contributed by atoms with Crippen molar-refractivity contribution < 1.29 is 4.74 Å². The van der Waals surface area contributed by atoms with Crippen molar-refractivity contribution in [3.8, 4) is 5.75 Å². The van der Waals surface area contributed by atoms with Crippen molar-refractivity contribution in [2.24, 2.45) is 5.92 Å². The molecule has 0 spiro atoms. The first-order valence-electron chi connectivity index (χ1n) is 11.0. The molecule has 0 radical (unpaired) electrons. The summed E-state index contributed by atoms with van der Waals surface area (Å²) >= 11 is 0. The standard InChI is InChI=1S/C23H36N2O/c1-19-15-22-16-20(18-25-11-5-6-12-25)7-8-21(22)17-23(19)26-14-13-24-9-3-2-4-10-24/h15,17,20H,2-14,16,18H2,1H3. The summed E-state index contributed by atoms with van der Waals surface area (Å²) in [5.41, 5.74) is 4.45. The summed E-state index contributed by atoms with van der Waals surface area (Å²) in [6, 6.07) is 4.77. The Morgan fingerprint density at radius 2 is 1.65 bits per heavy atom. The van der Waals surface area contributed by atoms with E-state index in [1.807, 2.05) is 0 Å². The predicted molar refractivity (Wildman–Crippen MR) is 108 cm³/mol. The van der Waals surface area contributed by atoms with Gasteiger partial charge in [0.15, 0.2) is 0 Å². The van der Waals surface area contributed by atoms with Crippen LogP contribution >= 0.6 is 0 Å². The molecular formula is C23H36N2O. The van der Waals surface area contributed by atoms with Crippen LogP contribution < -0.4 is 4.74 Å². The minimum absolute atomic E-state index is 0.831. The van der Waals surface area contributed by atoms with E-state index in [9.17, 15) is 0 Å². The molecule has 3 nitrogen and oxygen atoms in total. The molecule has 144 valence electrons. The van der Waals surface area contributed by atoms with Gasteiger partial charge in [0.2, 0.25) is 0 Å². The molecule has 2 heterocycles. The molecule has 3 aliphatic rings. The highest BCUT2D eigenvalue weighted by atomic mass is 16.5. The highest BCUT2D eigenvalue weighted by molar-refractivity contribution is 5.43. The highest BCUT2D eigenvalue weighted by Gasteiger charge is 2.23. The quantitative estimate of drug-likeness (QED) is 0.764. The van der Waals surface area contributed by atoms with Crippen LogP contribution in [0.4, 0.5) is 0 Å². The maximum Gasteiger partial charge on any atom is 0.122 e. The molecule has 4 rings (SSSR count). The van der Waals surface area contributed by atoms with E-state index in [4.69, 9.17) is 4.74 Å². The van der Waals surface area contributed by atoms with Crippen molar-refractivity contribution in [3.63, 3.8) is 0 Å². The molecule has 0 amide bonds. The monoisotopic (exact) mass is 356 g/mol. The molecule has 1 atom stereocenters. The zero-order valence-corrected chi connectivity index (χ0v) is 16.6. The largest absolute Gasteiger partial charge is 0.492 e. The lowest BCUT2D eigenvalue weighted by molar-refractivity contribution is 0.183. The number of ether oxygens (including phenoxy) is 1. The van der Waals surface area contributed by atoms with Gasteiger partial charge in [-0.3, -0.25) is 4.90 Å². The Morgan fingerprint density at radius 1 is 0.923 bits per heavy atom. The van der Waals surface area contributed by atoms with E-state index in [1.54, 1.807) is 11.1 Å². The van der Waals surface area contributed by atoms with Crippen LogP contribution in [0.1, 0.15) is 55.2 Å². The van der Waals surface area contributed by atoms with Crippen LogP contribution in [0.3, 0.4) is 0 Å². The summed E-state index contributed by atoms with van der Waals surface area (Å²) in [6.45, 7) is 10.6. The summed E-state index contributed by atoms with van der Waals surface area (Å²) in [6.07, 6.45) is 10.8. The molecular weight excluding hydrogens is 320 g/mol. The van der Waals surface area contributed by atoms with E-state index in [0.717, 1.165) is 24.8 Å². The number of likely N-dealkylation sites (tertiary alicyclic amines) is 2. The number of piperidine rings is 1. The zero-order chi connectivity index (χ0) is 17.8. The van der Waals surface area contributed by atoms with Crippen molar-refractivity contribution in [1.29, 1.82) is 0 Å². The normalized spacial score (nSPS) is 24.6. The lowest BCUT2D eigenvalue weighted by Crippen LogP contribution is -2.33. The van der Waals surface area contributed by atoms with Crippen LogP contribution in [-0.2, 0) is 12.8 Å². The number of hydrogen-bond acceptors (Lipinski definition) is 3. The van der Waals surface area contributed by atoms with Crippen LogP contribution in [0.15, 0.2) is 12.1 Å². The van der Waals surface area contributed by atoms with Crippen molar-refractivity contribution in [2.75, 3.05) is 45.9 Å². The lowest BCUT2D eigenvalue weighted by Gasteiger charge is -2.29. The maximum absolute atomic E-state index is 6.19. The van der Waals surface area contributed by atoms with Crippen LogP contribution in [0.5, 0.6) is 5.75 Å². The van der Waals surface area contributed by atoms with Gasteiger partial charge >= 0.3 is 0 Å². The summed E-state index contributed by atoms with van der Waals surface area (Å²) < 4.78 is 6.19. The van der Waals surface area contributed by atoms with Crippen molar-refractivity contribution in [2.45, 2.75) is 58.3 Å². The smallest absolute Gasteiger partial charge is 0.122 e. The van der Waals surface area contributed by atoms with Gasteiger partial charge in [0.05, 0.1) is 0 Å². The minimum atomic E-state index is 0.831. The topological polar surface area (TPSA) is 15.7 Å². The Morgan fingerprint density at radius 3 is 2.46 bits per heavy atom. The number of aryl methyl sites for hydroxylation is 2. The summed E-state index contributed by atoms with van der Waals surface area (Å²) in [5.74, 6) is 1.98. The second-order valence-corrected chi connectivity index (χ2v) is 8.75. The Kier molecular flexibility index (Phi) is 6.16. The lowest BCUT2D eigenvalue weighted by atomic mass is 9.82. The van der Waals surface area contributed by atoms with Crippen LogP contribution in [0.2, 0.25) is 0 Å². The number of rotatable bonds is 6. The molecule has 1 aromatic carbocycles. The molecule has 0 aromatic heterocycles. The SMILES string of the molecule is Cc1cc2c(cc1OCCN1CCCCC1)CCC(CN1CCCC1)C2. The minimum Gasteiger partial charge on any atom is -0.492 e. The Hall–Kier alpha value is -1.06. The number of nitrogens with zero attached hydrogens (tertiary/aromatic N) is 2. The average Bonchev–Trinajstić information content (AvgIpc) is 3.16. The number of benzene rings is 1. The molecule has 3 heteroatoms. The van der Waals surface area contributed by atoms with Gasteiger partial charge in [-0.2, -0.15) is 0 Å². The Bertz CT molecular complexity index is 588. The second kappa shape index (κ2) is 8.75. The number of fused-ring (bicyclic) bond motifs is 1. The van der Waals surface area contributed by atoms with Gasteiger partial charge in [-0.05, 0) is 107 Å². The fourth-order valence-electron chi connectivity index (χ4n) is 5.09. The first-order chi connectivity index (χ1) is 12.8. The van der Waals surface area contributed by atoms with E-state index in [2.05, 4.69) is 28.9 Å². The molecule has 0 bridgehead atoms. The zero-order valence-electron chi connectivity index (χ0n) is 16.6. The van der Waals surface area contributed by atoms with Gasteiger partial charge in [0.1, 0.15) is 12.4 Å². The Labute approximate surface area is 159 Å². The third-order valence-corrected chi connectivity index (χ3v) is 6.66. The van der Waals surface area contributed by atoms with Crippen LogP contribution in [0.25, 0.3) is 0 Å². The van der Waals surface area contributed by atoms with E-state index >= 15 is 0 Å².